The Hall–Kier alpha value is -1.55. The SMILES string of the molecule is C[Si]1(C)O[C@H]2[C@@H](CCc3ccccc3)ON3OC[C@@H]1[C@@]23S(=O)(=O)c1ccccc1. The topological polar surface area (TPSA) is 65.1 Å². The van der Waals surface area contributed by atoms with E-state index in [-0.39, 0.29) is 16.5 Å². The maximum absolute atomic E-state index is 13.9. The summed E-state index contributed by atoms with van der Waals surface area (Å²) in [6.07, 6.45) is 0.516. The average Bonchev–Trinajstić information content (AvgIpc) is 3.33. The molecule has 0 unspecified atom stereocenters. The summed E-state index contributed by atoms with van der Waals surface area (Å²) in [5.41, 5.74) is 0.974. The van der Waals surface area contributed by atoms with Gasteiger partial charge in [0.1, 0.15) is 12.2 Å². The zero-order valence-electron chi connectivity index (χ0n) is 16.5. The number of hydrogen-bond acceptors (Lipinski definition) is 6. The predicted molar refractivity (Wildman–Crippen MR) is 110 cm³/mol. The number of hydroxylamine groups is 2. The van der Waals surface area contributed by atoms with E-state index < -0.39 is 29.1 Å². The molecule has 154 valence electrons. The van der Waals surface area contributed by atoms with Crippen LogP contribution < -0.4 is 0 Å². The first-order valence-electron chi connectivity index (χ1n) is 9.99. The third-order valence-corrected chi connectivity index (χ3v) is 12.2. The van der Waals surface area contributed by atoms with Crippen molar-refractivity contribution in [3.8, 4) is 0 Å². The van der Waals surface area contributed by atoms with Gasteiger partial charge < -0.3 is 4.43 Å². The van der Waals surface area contributed by atoms with Crippen LogP contribution in [0.25, 0.3) is 0 Å². The van der Waals surface area contributed by atoms with Gasteiger partial charge in [-0.25, -0.2) is 8.42 Å². The zero-order chi connectivity index (χ0) is 20.3. The summed E-state index contributed by atoms with van der Waals surface area (Å²) in [5, 5.41) is 1.28. The van der Waals surface area contributed by atoms with E-state index in [1.54, 1.807) is 24.3 Å². The van der Waals surface area contributed by atoms with Crippen LogP contribution in [-0.2, 0) is 30.4 Å². The molecule has 5 rings (SSSR count). The van der Waals surface area contributed by atoms with E-state index in [9.17, 15) is 8.42 Å². The van der Waals surface area contributed by atoms with Crippen molar-refractivity contribution < 1.29 is 22.5 Å². The van der Waals surface area contributed by atoms with Gasteiger partial charge in [0.25, 0.3) is 0 Å². The quantitative estimate of drug-likeness (QED) is 0.677. The maximum atomic E-state index is 13.9. The molecule has 3 fully saturated rings. The van der Waals surface area contributed by atoms with Gasteiger partial charge in [-0.3, -0.25) is 9.68 Å². The highest BCUT2D eigenvalue weighted by atomic mass is 32.2. The molecule has 3 aliphatic rings. The Kier molecular flexibility index (Phi) is 4.50. The fourth-order valence-electron chi connectivity index (χ4n) is 5.00. The first kappa shape index (κ1) is 19.4. The molecule has 0 N–H and O–H groups in total. The first-order valence-corrected chi connectivity index (χ1v) is 14.5. The summed E-state index contributed by atoms with van der Waals surface area (Å²) in [4.78, 5) is 10.9. The molecule has 3 heterocycles. The zero-order valence-corrected chi connectivity index (χ0v) is 18.3. The maximum Gasteiger partial charge on any atom is 0.210 e. The van der Waals surface area contributed by atoms with Crippen LogP contribution in [0, 0.1) is 0 Å². The Morgan fingerprint density at radius 1 is 1.07 bits per heavy atom. The fraction of sp³-hybridized carbons (Fsp3) is 0.429. The Balaban J connectivity index is 1.54. The fourth-order valence-corrected chi connectivity index (χ4v) is 11.4. The molecule has 0 spiro atoms. The molecule has 0 aromatic heterocycles. The van der Waals surface area contributed by atoms with Crippen LogP contribution in [0.1, 0.15) is 12.0 Å². The molecule has 0 amide bonds. The van der Waals surface area contributed by atoms with Gasteiger partial charge in [0.2, 0.25) is 14.7 Å². The van der Waals surface area contributed by atoms with Gasteiger partial charge in [-0.2, -0.15) is 0 Å². The minimum absolute atomic E-state index is 0.216. The highest BCUT2D eigenvalue weighted by Crippen LogP contribution is 2.61. The minimum atomic E-state index is -3.77. The third-order valence-electron chi connectivity index (χ3n) is 6.43. The molecule has 3 saturated heterocycles. The van der Waals surface area contributed by atoms with Crippen molar-refractivity contribution >= 4 is 18.2 Å². The lowest BCUT2D eigenvalue weighted by molar-refractivity contribution is -0.347. The van der Waals surface area contributed by atoms with Gasteiger partial charge in [-0.05, 0) is 48.9 Å². The molecule has 29 heavy (non-hydrogen) atoms. The molecule has 2 aromatic rings. The number of rotatable bonds is 5. The summed E-state index contributed by atoms with van der Waals surface area (Å²) < 4.78 is 34.4. The largest absolute Gasteiger partial charge is 0.408 e. The molecule has 0 radical (unpaired) electrons. The van der Waals surface area contributed by atoms with E-state index in [0.29, 0.717) is 13.0 Å². The Bertz CT molecular complexity index is 1000. The second-order valence-electron chi connectivity index (χ2n) is 8.48. The van der Waals surface area contributed by atoms with Crippen molar-refractivity contribution in [1.82, 2.24) is 5.23 Å². The van der Waals surface area contributed by atoms with Crippen molar-refractivity contribution in [3.63, 3.8) is 0 Å². The van der Waals surface area contributed by atoms with Crippen molar-refractivity contribution in [2.24, 2.45) is 0 Å². The highest BCUT2D eigenvalue weighted by Gasteiger charge is 2.79. The average molecular weight is 432 g/mol. The van der Waals surface area contributed by atoms with Gasteiger partial charge in [0.15, 0.2) is 8.32 Å². The van der Waals surface area contributed by atoms with E-state index in [1.165, 1.54) is 10.8 Å². The normalized spacial score (nSPS) is 33.1. The molecule has 4 atom stereocenters. The lowest BCUT2D eigenvalue weighted by Crippen LogP contribution is -2.53. The summed E-state index contributed by atoms with van der Waals surface area (Å²) in [5.74, 6) is 0. The molecule has 0 saturated carbocycles. The van der Waals surface area contributed by atoms with Crippen molar-refractivity contribution in [2.75, 3.05) is 6.61 Å². The van der Waals surface area contributed by atoms with Crippen molar-refractivity contribution in [2.45, 2.75) is 53.5 Å². The molecule has 2 aromatic carbocycles. The van der Waals surface area contributed by atoms with E-state index in [1.807, 2.05) is 24.3 Å². The van der Waals surface area contributed by atoms with E-state index in [4.69, 9.17) is 14.1 Å². The number of benzene rings is 2. The molecule has 8 heteroatoms. The molecule has 0 bridgehead atoms. The summed E-state index contributed by atoms with van der Waals surface area (Å²) in [6.45, 7) is 4.48. The van der Waals surface area contributed by atoms with Crippen LogP contribution >= 0.6 is 0 Å². The van der Waals surface area contributed by atoms with Crippen LogP contribution in [-0.4, -0.2) is 45.6 Å². The Morgan fingerprint density at radius 3 is 2.41 bits per heavy atom. The number of sulfone groups is 1. The van der Waals surface area contributed by atoms with Gasteiger partial charge in [-0.1, -0.05) is 48.5 Å². The first-order chi connectivity index (χ1) is 13.9. The van der Waals surface area contributed by atoms with Crippen LogP contribution in [0.2, 0.25) is 18.6 Å². The molecular formula is C21H25NO5SSi. The van der Waals surface area contributed by atoms with E-state index in [2.05, 4.69) is 25.2 Å². The Labute approximate surface area is 172 Å². The van der Waals surface area contributed by atoms with Crippen LogP contribution in [0.5, 0.6) is 0 Å². The van der Waals surface area contributed by atoms with E-state index >= 15 is 0 Å². The number of hydrogen-bond donors (Lipinski definition) is 0. The van der Waals surface area contributed by atoms with Crippen molar-refractivity contribution in [3.05, 3.63) is 66.2 Å². The lowest BCUT2D eigenvalue weighted by atomic mass is 9.98. The number of nitrogens with zero attached hydrogens (tertiary/aromatic N) is 1. The standard InChI is InChI=1S/C21H25NO5SSi/c1-29(2)19-15-25-22-21(19,28(23,24)17-11-7-4-8-12-17)20(27-29)18(26-22)14-13-16-9-5-3-6-10-16/h3-12,18-20H,13-15H2,1-2H3/t18-,19-,20+,21-/m1/s1. The van der Waals surface area contributed by atoms with Gasteiger partial charge in [-0.15, -0.1) is 0 Å². The lowest BCUT2D eigenvalue weighted by Gasteiger charge is -2.30. The van der Waals surface area contributed by atoms with Crippen LogP contribution in [0.15, 0.2) is 65.6 Å². The molecule has 0 aliphatic carbocycles. The second-order valence-corrected chi connectivity index (χ2v) is 14.8. The smallest absolute Gasteiger partial charge is 0.210 e. The van der Waals surface area contributed by atoms with Crippen molar-refractivity contribution in [1.29, 1.82) is 0 Å². The third kappa shape index (κ3) is 2.70. The highest BCUT2D eigenvalue weighted by molar-refractivity contribution is 7.93. The second kappa shape index (κ2) is 6.73. The van der Waals surface area contributed by atoms with Gasteiger partial charge >= 0.3 is 0 Å². The van der Waals surface area contributed by atoms with Crippen LogP contribution in [0.3, 0.4) is 0 Å². The summed E-state index contributed by atoms with van der Waals surface area (Å²) >= 11 is 0. The Morgan fingerprint density at radius 2 is 1.72 bits per heavy atom. The number of aryl methyl sites for hydroxylation is 1. The molecule has 3 aliphatic heterocycles. The van der Waals surface area contributed by atoms with Crippen LogP contribution in [0.4, 0.5) is 0 Å². The van der Waals surface area contributed by atoms with Gasteiger partial charge in [0, 0.05) is 5.54 Å². The minimum Gasteiger partial charge on any atom is -0.408 e. The monoisotopic (exact) mass is 431 g/mol. The summed E-state index contributed by atoms with van der Waals surface area (Å²) in [7, 11) is -6.09. The molecular weight excluding hydrogens is 406 g/mol. The predicted octanol–water partition coefficient (Wildman–Crippen LogP) is 3.32. The van der Waals surface area contributed by atoms with Gasteiger partial charge in [0.05, 0.1) is 11.5 Å². The molecule has 6 nitrogen and oxygen atoms in total. The summed E-state index contributed by atoms with van der Waals surface area (Å²) in [6, 6.07) is 18.7. The van der Waals surface area contributed by atoms with E-state index in [0.717, 1.165) is 6.42 Å².